The number of piperazine rings is 1. The Morgan fingerprint density at radius 2 is 1.83 bits per heavy atom. The number of likely N-dealkylation sites (N-methyl/N-ethyl adjacent to an activating group) is 1. The van der Waals surface area contributed by atoms with Gasteiger partial charge in [-0.1, -0.05) is 6.07 Å². The molecule has 1 aliphatic heterocycles. The van der Waals surface area contributed by atoms with Crippen LogP contribution in [0.15, 0.2) is 24.3 Å². The molecule has 126 valence electrons. The van der Waals surface area contributed by atoms with E-state index in [1.165, 1.54) is 11.0 Å². The molecule has 1 saturated heterocycles. The maximum absolute atomic E-state index is 12.3. The Balaban J connectivity index is 0.00000264. The lowest BCUT2D eigenvalue weighted by atomic mass is 10.1. The topological polar surface area (TPSA) is 95.7 Å². The van der Waals surface area contributed by atoms with Gasteiger partial charge in [-0.15, -0.1) is 12.4 Å². The predicted molar refractivity (Wildman–Crippen MR) is 88.6 cm³/mol. The highest BCUT2D eigenvalue weighted by Crippen LogP contribution is 2.08. The van der Waals surface area contributed by atoms with Crippen molar-refractivity contribution < 1.29 is 14.4 Å². The maximum Gasteiger partial charge on any atom is 0.254 e. The van der Waals surface area contributed by atoms with Crippen LogP contribution in [0.5, 0.6) is 0 Å². The molecule has 0 radical (unpaired) electrons. The Hall–Kier alpha value is -2.12. The summed E-state index contributed by atoms with van der Waals surface area (Å²) in [4.78, 5) is 38.7. The number of hydrogen-bond acceptors (Lipinski definition) is 4. The average molecular weight is 341 g/mol. The molecule has 0 bridgehead atoms. The fraction of sp³-hybridized carbons (Fsp3) is 0.400. The average Bonchev–Trinajstić information content (AvgIpc) is 2.54. The zero-order valence-electron chi connectivity index (χ0n) is 12.9. The molecular formula is C15H21ClN4O3. The highest BCUT2D eigenvalue weighted by atomic mass is 35.5. The van der Waals surface area contributed by atoms with Gasteiger partial charge in [-0.2, -0.15) is 0 Å². The second-order valence-corrected chi connectivity index (χ2v) is 5.24. The monoisotopic (exact) mass is 340 g/mol. The molecule has 0 spiro atoms. The van der Waals surface area contributed by atoms with Crippen molar-refractivity contribution >= 4 is 30.1 Å². The van der Waals surface area contributed by atoms with Crippen LogP contribution in [-0.2, 0) is 4.79 Å². The molecule has 1 aromatic carbocycles. The third kappa shape index (κ3) is 4.94. The van der Waals surface area contributed by atoms with Gasteiger partial charge in [-0.25, -0.2) is 0 Å². The Bertz CT molecular complexity index is 588. The summed E-state index contributed by atoms with van der Waals surface area (Å²) in [5.41, 5.74) is 5.82. The van der Waals surface area contributed by atoms with Crippen molar-refractivity contribution in [1.29, 1.82) is 0 Å². The summed E-state index contributed by atoms with van der Waals surface area (Å²) in [6.45, 7) is 2.85. The van der Waals surface area contributed by atoms with Gasteiger partial charge < -0.3 is 20.9 Å². The van der Waals surface area contributed by atoms with Crippen LogP contribution < -0.4 is 11.1 Å². The molecule has 1 aliphatic rings. The number of nitrogens with two attached hydrogens (primary N) is 1. The standard InChI is InChI=1S/C15H20N4O3.ClH/c1-18(10-13(20)19-7-5-17-6-8-19)15(22)12-4-2-3-11(9-12)14(16)21;/h2-4,9,17H,5-8,10H2,1H3,(H2,16,21);1H. The van der Waals surface area contributed by atoms with Gasteiger partial charge in [0, 0.05) is 44.4 Å². The van der Waals surface area contributed by atoms with Crippen LogP contribution in [0, 0.1) is 0 Å². The van der Waals surface area contributed by atoms with E-state index in [9.17, 15) is 14.4 Å². The van der Waals surface area contributed by atoms with E-state index < -0.39 is 5.91 Å². The van der Waals surface area contributed by atoms with E-state index in [1.54, 1.807) is 30.1 Å². The number of nitrogens with one attached hydrogen (secondary N) is 1. The van der Waals surface area contributed by atoms with Gasteiger partial charge in [0.2, 0.25) is 11.8 Å². The van der Waals surface area contributed by atoms with Gasteiger partial charge in [0.25, 0.3) is 5.91 Å². The zero-order chi connectivity index (χ0) is 16.1. The lowest BCUT2D eigenvalue weighted by Crippen LogP contribution is -2.49. The van der Waals surface area contributed by atoms with Crippen LogP contribution >= 0.6 is 12.4 Å². The number of amides is 3. The summed E-state index contributed by atoms with van der Waals surface area (Å²) >= 11 is 0. The van der Waals surface area contributed by atoms with Gasteiger partial charge in [-0.05, 0) is 18.2 Å². The molecule has 23 heavy (non-hydrogen) atoms. The first-order chi connectivity index (χ1) is 10.5. The number of benzene rings is 1. The highest BCUT2D eigenvalue weighted by molar-refractivity contribution is 6.00. The van der Waals surface area contributed by atoms with Gasteiger partial charge in [0.1, 0.15) is 0 Å². The molecule has 1 fully saturated rings. The Morgan fingerprint density at radius 1 is 1.22 bits per heavy atom. The first kappa shape index (κ1) is 18.9. The Morgan fingerprint density at radius 3 is 2.43 bits per heavy atom. The number of carbonyl (C=O) groups excluding carboxylic acids is 3. The number of primary amides is 1. The largest absolute Gasteiger partial charge is 0.366 e. The summed E-state index contributed by atoms with van der Waals surface area (Å²) in [6, 6.07) is 6.18. The fourth-order valence-corrected chi connectivity index (χ4v) is 2.31. The number of nitrogens with zero attached hydrogens (tertiary/aromatic N) is 2. The van der Waals surface area contributed by atoms with E-state index in [-0.39, 0.29) is 36.3 Å². The number of carbonyl (C=O) groups is 3. The van der Waals surface area contributed by atoms with Gasteiger partial charge in [0.05, 0.1) is 6.54 Å². The Labute approximate surface area is 141 Å². The van der Waals surface area contributed by atoms with Crippen molar-refractivity contribution in [3.63, 3.8) is 0 Å². The number of hydrogen-bond donors (Lipinski definition) is 2. The van der Waals surface area contributed by atoms with Gasteiger partial charge in [0.15, 0.2) is 0 Å². The third-order valence-corrected chi connectivity index (χ3v) is 3.58. The van der Waals surface area contributed by atoms with E-state index in [0.29, 0.717) is 18.7 Å². The summed E-state index contributed by atoms with van der Waals surface area (Å²) in [5.74, 6) is -0.982. The van der Waals surface area contributed by atoms with Crippen molar-refractivity contribution in [2.75, 3.05) is 39.8 Å². The van der Waals surface area contributed by atoms with Crippen LogP contribution in [0.1, 0.15) is 20.7 Å². The molecule has 0 aromatic heterocycles. The van der Waals surface area contributed by atoms with Gasteiger partial charge in [-0.3, -0.25) is 14.4 Å². The minimum atomic E-state index is -0.589. The molecule has 1 heterocycles. The molecule has 0 atom stereocenters. The van der Waals surface area contributed by atoms with Crippen molar-refractivity contribution in [3.8, 4) is 0 Å². The maximum atomic E-state index is 12.3. The van der Waals surface area contributed by atoms with Crippen LogP contribution in [0.25, 0.3) is 0 Å². The van der Waals surface area contributed by atoms with Crippen LogP contribution in [-0.4, -0.2) is 67.3 Å². The molecule has 2 rings (SSSR count). The molecule has 3 N–H and O–H groups in total. The molecule has 7 nitrogen and oxygen atoms in total. The molecule has 1 aromatic rings. The molecule has 8 heteroatoms. The molecule has 0 aliphatic carbocycles. The van der Waals surface area contributed by atoms with Crippen molar-refractivity contribution in [2.24, 2.45) is 5.73 Å². The number of halogens is 1. The zero-order valence-corrected chi connectivity index (χ0v) is 13.8. The van der Waals surface area contributed by atoms with Crippen LogP contribution in [0.4, 0.5) is 0 Å². The van der Waals surface area contributed by atoms with Crippen molar-refractivity contribution in [3.05, 3.63) is 35.4 Å². The Kier molecular flexibility index (Phi) is 6.99. The highest BCUT2D eigenvalue weighted by Gasteiger charge is 2.21. The van der Waals surface area contributed by atoms with Crippen LogP contribution in [0.3, 0.4) is 0 Å². The fourth-order valence-electron chi connectivity index (χ4n) is 2.31. The van der Waals surface area contributed by atoms with E-state index in [0.717, 1.165) is 13.1 Å². The second-order valence-electron chi connectivity index (χ2n) is 5.24. The lowest BCUT2D eigenvalue weighted by molar-refractivity contribution is -0.132. The molecule has 0 unspecified atom stereocenters. The van der Waals surface area contributed by atoms with E-state index in [4.69, 9.17) is 5.73 Å². The lowest BCUT2D eigenvalue weighted by Gasteiger charge is -2.29. The normalized spacial score (nSPS) is 13.9. The molecule has 3 amide bonds. The first-order valence-electron chi connectivity index (χ1n) is 7.13. The van der Waals surface area contributed by atoms with Crippen molar-refractivity contribution in [2.45, 2.75) is 0 Å². The van der Waals surface area contributed by atoms with Crippen molar-refractivity contribution in [1.82, 2.24) is 15.1 Å². The first-order valence-corrected chi connectivity index (χ1v) is 7.13. The minimum absolute atomic E-state index is 0. The summed E-state index contributed by atoms with van der Waals surface area (Å²) < 4.78 is 0. The van der Waals surface area contributed by atoms with Crippen LogP contribution in [0.2, 0.25) is 0 Å². The quantitative estimate of drug-likeness (QED) is 0.787. The summed E-state index contributed by atoms with van der Waals surface area (Å²) in [7, 11) is 1.57. The summed E-state index contributed by atoms with van der Waals surface area (Å²) in [5, 5.41) is 3.17. The van der Waals surface area contributed by atoms with Gasteiger partial charge >= 0.3 is 0 Å². The van der Waals surface area contributed by atoms with E-state index in [1.807, 2.05) is 0 Å². The van der Waals surface area contributed by atoms with E-state index >= 15 is 0 Å². The minimum Gasteiger partial charge on any atom is -0.366 e. The van der Waals surface area contributed by atoms with E-state index in [2.05, 4.69) is 5.32 Å². The SMILES string of the molecule is CN(CC(=O)N1CCNCC1)C(=O)c1cccc(C(N)=O)c1.Cl. The smallest absolute Gasteiger partial charge is 0.254 e. The third-order valence-electron chi connectivity index (χ3n) is 3.58. The molecular weight excluding hydrogens is 320 g/mol. The predicted octanol–water partition coefficient (Wildman–Crippen LogP) is -0.289. The second kappa shape index (κ2) is 8.50. The number of rotatable bonds is 4. The summed E-state index contributed by atoms with van der Waals surface area (Å²) in [6.07, 6.45) is 0. The molecule has 0 saturated carbocycles.